The fourth-order valence-electron chi connectivity index (χ4n) is 4.60. The van der Waals surface area contributed by atoms with Crippen LogP contribution in [-0.4, -0.2) is 61.4 Å². The van der Waals surface area contributed by atoms with Crippen LogP contribution < -0.4 is 5.32 Å². The molecule has 1 amide bonds. The maximum absolute atomic E-state index is 12.0. The molecular weight excluding hydrogens is 300 g/mol. The van der Waals surface area contributed by atoms with Crippen molar-refractivity contribution in [2.45, 2.75) is 70.3 Å². The van der Waals surface area contributed by atoms with Gasteiger partial charge >= 0.3 is 0 Å². The molecule has 2 saturated carbocycles. The van der Waals surface area contributed by atoms with Crippen molar-refractivity contribution in [2.75, 3.05) is 33.7 Å². The van der Waals surface area contributed by atoms with Crippen molar-refractivity contribution in [3.8, 4) is 0 Å². The lowest BCUT2D eigenvalue weighted by Gasteiger charge is -2.34. The summed E-state index contributed by atoms with van der Waals surface area (Å²) in [5.74, 6) is 1.06. The van der Waals surface area contributed by atoms with Crippen LogP contribution in [0.2, 0.25) is 0 Å². The molecule has 5 heteroatoms. The molecule has 3 aliphatic rings. The van der Waals surface area contributed by atoms with Crippen molar-refractivity contribution in [3.05, 3.63) is 0 Å². The van der Waals surface area contributed by atoms with Crippen molar-refractivity contribution in [3.63, 3.8) is 0 Å². The Kier molecular flexibility index (Phi) is 5.67. The second-order valence-corrected chi connectivity index (χ2v) is 8.29. The summed E-state index contributed by atoms with van der Waals surface area (Å²) in [6.45, 7) is 2.47. The number of hydrogen-bond donors (Lipinski definition) is 1. The zero-order valence-electron chi connectivity index (χ0n) is 15.5. The van der Waals surface area contributed by atoms with Crippen LogP contribution in [0.15, 0.2) is 4.99 Å². The highest BCUT2D eigenvalue weighted by Crippen LogP contribution is 2.43. The van der Waals surface area contributed by atoms with Crippen molar-refractivity contribution in [1.29, 1.82) is 0 Å². The van der Waals surface area contributed by atoms with Crippen molar-refractivity contribution < 1.29 is 4.79 Å². The summed E-state index contributed by atoms with van der Waals surface area (Å²) in [4.78, 5) is 20.7. The van der Waals surface area contributed by atoms with Gasteiger partial charge in [0.05, 0.1) is 0 Å². The molecule has 1 saturated heterocycles. The molecule has 2 aliphatic carbocycles. The number of likely N-dealkylation sites (N-methyl/N-ethyl adjacent to an activating group) is 1. The first-order valence-electron chi connectivity index (χ1n) is 9.84. The summed E-state index contributed by atoms with van der Waals surface area (Å²) >= 11 is 0. The maximum Gasteiger partial charge on any atom is 0.243 e. The molecule has 3 rings (SSSR count). The summed E-state index contributed by atoms with van der Waals surface area (Å²) in [6, 6.07) is 0.543. The van der Waals surface area contributed by atoms with E-state index in [1.807, 2.05) is 0 Å². The van der Waals surface area contributed by atoms with Gasteiger partial charge < -0.3 is 15.1 Å². The van der Waals surface area contributed by atoms with E-state index in [9.17, 15) is 4.79 Å². The monoisotopic (exact) mass is 334 g/mol. The predicted molar refractivity (Wildman–Crippen MR) is 98.1 cm³/mol. The number of rotatable bonds is 3. The van der Waals surface area contributed by atoms with Crippen LogP contribution in [0.25, 0.3) is 0 Å². The number of nitrogens with one attached hydrogen (secondary N) is 1. The molecule has 0 bridgehead atoms. The Morgan fingerprint density at radius 1 is 1.12 bits per heavy atom. The molecule has 1 N–H and O–H groups in total. The van der Waals surface area contributed by atoms with Crippen LogP contribution in [0, 0.1) is 5.41 Å². The fraction of sp³-hybridized carbons (Fsp3) is 0.895. The van der Waals surface area contributed by atoms with Gasteiger partial charge in [-0.1, -0.05) is 32.1 Å². The van der Waals surface area contributed by atoms with Gasteiger partial charge in [-0.15, -0.1) is 0 Å². The van der Waals surface area contributed by atoms with Crippen LogP contribution in [0.4, 0.5) is 0 Å². The Bertz CT molecular complexity index is 462. The average Bonchev–Trinajstić information content (AvgIpc) is 3.22. The Morgan fingerprint density at radius 3 is 2.50 bits per heavy atom. The van der Waals surface area contributed by atoms with Gasteiger partial charge in [-0.25, -0.2) is 4.99 Å². The highest BCUT2D eigenvalue weighted by molar-refractivity contribution is 5.85. The standard InChI is InChI=1S/C19H34N4O/c1-22(2)17(24)14-20-18(21-16-8-4-5-9-16)23-13-12-19(15-23)10-6-3-7-11-19/h16H,3-15H2,1-2H3,(H,20,21). The van der Waals surface area contributed by atoms with Gasteiger partial charge in [-0.2, -0.15) is 0 Å². The van der Waals surface area contributed by atoms with Gasteiger partial charge in [0.2, 0.25) is 5.91 Å². The molecule has 24 heavy (non-hydrogen) atoms. The summed E-state index contributed by atoms with van der Waals surface area (Å²) in [5, 5.41) is 3.68. The second-order valence-electron chi connectivity index (χ2n) is 8.29. The lowest BCUT2D eigenvalue weighted by molar-refractivity contribution is -0.127. The molecule has 1 spiro atoms. The zero-order valence-corrected chi connectivity index (χ0v) is 15.5. The Hall–Kier alpha value is -1.26. The number of aliphatic imine (C=N–C) groups is 1. The summed E-state index contributed by atoms with van der Waals surface area (Å²) in [7, 11) is 3.60. The van der Waals surface area contributed by atoms with E-state index >= 15 is 0 Å². The Balaban J connectivity index is 1.66. The van der Waals surface area contributed by atoms with Crippen molar-refractivity contribution in [2.24, 2.45) is 10.4 Å². The molecule has 5 nitrogen and oxygen atoms in total. The van der Waals surface area contributed by atoms with E-state index in [0.29, 0.717) is 11.5 Å². The first-order valence-corrected chi connectivity index (χ1v) is 9.84. The van der Waals surface area contributed by atoms with Gasteiger partial charge in [0.1, 0.15) is 6.54 Å². The van der Waals surface area contributed by atoms with Crippen LogP contribution in [0.1, 0.15) is 64.2 Å². The maximum atomic E-state index is 12.0. The number of guanidine groups is 1. The molecule has 0 aromatic carbocycles. The summed E-state index contributed by atoms with van der Waals surface area (Å²) in [5.41, 5.74) is 0.516. The number of carbonyl (C=O) groups is 1. The molecule has 0 atom stereocenters. The summed E-state index contributed by atoms with van der Waals surface area (Å²) in [6.07, 6.45) is 13.3. The number of hydrogen-bond acceptors (Lipinski definition) is 2. The molecule has 136 valence electrons. The fourth-order valence-corrected chi connectivity index (χ4v) is 4.60. The number of amides is 1. The summed E-state index contributed by atoms with van der Waals surface area (Å²) < 4.78 is 0. The van der Waals surface area contributed by atoms with Gasteiger partial charge in [0.15, 0.2) is 5.96 Å². The third-order valence-corrected chi connectivity index (χ3v) is 6.20. The first kappa shape index (κ1) is 17.6. The van der Waals surface area contributed by atoms with Gasteiger partial charge in [0, 0.05) is 33.2 Å². The quantitative estimate of drug-likeness (QED) is 0.637. The normalized spacial score (nSPS) is 24.6. The average molecular weight is 335 g/mol. The van der Waals surface area contributed by atoms with E-state index in [-0.39, 0.29) is 12.5 Å². The van der Waals surface area contributed by atoms with E-state index in [1.165, 1.54) is 64.2 Å². The lowest BCUT2D eigenvalue weighted by atomic mass is 9.73. The predicted octanol–water partition coefficient (Wildman–Crippen LogP) is 2.62. The lowest BCUT2D eigenvalue weighted by Crippen LogP contribution is -2.45. The molecule has 0 aromatic heterocycles. The van der Waals surface area contributed by atoms with Crippen molar-refractivity contribution in [1.82, 2.24) is 15.1 Å². The molecule has 1 aliphatic heterocycles. The van der Waals surface area contributed by atoms with Gasteiger partial charge in [-0.3, -0.25) is 4.79 Å². The molecule has 0 unspecified atom stereocenters. The number of likely N-dealkylation sites (tertiary alicyclic amines) is 1. The van der Waals surface area contributed by atoms with E-state index < -0.39 is 0 Å². The minimum atomic E-state index is 0.0762. The molecule has 0 aromatic rings. The van der Waals surface area contributed by atoms with Crippen LogP contribution >= 0.6 is 0 Å². The second kappa shape index (κ2) is 7.75. The van der Waals surface area contributed by atoms with E-state index in [4.69, 9.17) is 4.99 Å². The highest BCUT2D eigenvalue weighted by atomic mass is 16.2. The third-order valence-electron chi connectivity index (χ3n) is 6.20. The molecule has 0 radical (unpaired) electrons. The molecule has 1 heterocycles. The Morgan fingerprint density at radius 2 is 1.83 bits per heavy atom. The van der Waals surface area contributed by atoms with Gasteiger partial charge in [-0.05, 0) is 37.5 Å². The largest absolute Gasteiger partial charge is 0.353 e. The minimum Gasteiger partial charge on any atom is -0.353 e. The SMILES string of the molecule is CN(C)C(=O)CN=C(NC1CCCC1)N1CCC2(CCCCC2)C1. The number of carbonyl (C=O) groups excluding carboxylic acids is 1. The third kappa shape index (κ3) is 4.22. The van der Waals surface area contributed by atoms with Crippen LogP contribution in [0.5, 0.6) is 0 Å². The van der Waals surface area contributed by atoms with E-state index in [1.54, 1.807) is 19.0 Å². The van der Waals surface area contributed by atoms with E-state index in [0.717, 1.165) is 19.0 Å². The first-order chi connectivity index (χ1) is 11.6. The molecule has 3 fully saturated rings. The topological polar surface area (TPSA) is 47.9 Å². The zero-order chi connectivity index (χ0) is 17.0. The van der Waals surface area contributed by atoms with Crippen LogP contribution in [0.3, 0.4) is 0 Å². The molecular formula is C19H34N4O. The minimum absolute atomic E-state index is 0.0762. The van der Waals surface area contributed by atoms with Crippen molar-refractivity contribution >= 4 is 11.9 Å². The highest BCUT2D eigenvalue weighted by Gasteiger charge is 2.40. The smallest absolute Gasteiger partial charge is 0.243 e. The van der Waals surface area contributed by atoms with Crippen LogP contribution in [-0.2, 0) is 4.79 Å². The van der Waals surface area contributed by atoms with Gasteiger partial charge in [0.25, 0.3) is 0 Å². The Labute approximate surface area is 146 Å². The number of nitrogens with zero attached hydrogens (tertiary/aromatic N) is 3. The van der Waals surface area contributed by atoms with E-state index in [2.05, 4.69) is 10.2 Å².